The molecule has 0 saturated carbocycles. The topological polar surface area (TPSA) is 87.3 Å². The molecule has 0 bridgehead atoms. The van der Waals surface area contributed by atoms with Gasteiger partial charge >= 0.3 is 0 Å². The lowest BCUT2D eigenvalue weighted by Crippen LogP contribution is -2.41. The summed E-state index contributed by atoms with van der Waals surface area (Å²) in [7, 11) is 0. The van der Waals surface area contributed by atoms with E-state index in [4.69, 9.17) is 0 Å². The average molecular weight is 319 g/mol. The van der Waals surface area contributed by atoms with Crippen LogP contribution in [-0.4, -0.2) is 17.7 Å². The van der Waals surface area contributed by atoms with E-state index >= 15 is 0 Å². The van der Waals surface area contributed by atoms with Crippen molar-refractivity contribution in [1.82, 2.24) is 10.9 Å². The van der Waals surface area contributed by atoms with Gasteiger partial charge in [0.05, 0.1) is 0 Å². The van der Waals surface area contributed by atoms with Gasteiger partial charge in [-0.25, -0.2) is 0 Å². The molecule has 3 N–H and O–H groups in total. The average Bonchev–Trinajstić information content (AvgIpc) is 2.56. The van der Waals surface area contributed by atoms with Crippen LogP contribution in [0.2, 0.25) is 0 Å². The maximum absolute atomic E-state index is 11.7. The van der Waals surface area contributed by atoms with Crippen molar-refractivity contribution >= 4 is 23.4 Å². The molecule has 0 spiro atoms. The van der Waals surface area contributed by atoms with Crippen LogP contribution >= 0.6 is 0 Å². The number of hydrogen-bond acceptors (Lipinski definition) is 3. The van der Waals surface area contributed by atoms with E-state index < -0.39 is 0 Å². The van der Waals surface area contributed by atoms with Crippen LogP contribution in [0.15, 0.2) is 30.3 Å². The Kier molecular flexibility index (Phi) is 9.12. The van der Waals surface area contributed by atoms with Crippen molar-refractivity contribution in [3.05, 3.63) is 30.3 Å². The summed E-state index contributed by atoms with van der Waals surface area (Å²) in [6.45, 7) is 2.11. The molecule has 0 fully saturated rings. The van der Waals surface area contributed by atoms with Gasteiger partial charge in [0.1, 0.15) is 0 Å². The molecule has 0 aliphatic rings. The summed E-state index contributed by atoms with van der Waals surface area (Å²) in [4.78, 5) is 34.7. The van der Waals surface area contributed by atoms with E-state index in [2.05, 4.69) is 23.1 Å². The second kappa shape index (κ2) is 11.2. The molecule has 6 nitrogen and oxygen atoms in total. The number of carbonyl (C=O) groups excluding carboxylic acids is 3. The molecule has 0 atom stereocenters. The number of benzene rings is 1. The third-order valence-electron chi connectivity index (χ3n) is 3.24. The van der Waals surface area contributed by atoms with Gasteiger partial charge in [0.2, 0.25) is 17.7 Å². The third kappa shape index (κ3) is 9.29. The summed E-state index contributed by atoms with van der Waals surface area (Å²) >= 11 is 0. The van der Waals surface area contributed by atoms with E-state index in [0.29, 0.717) is 12.1 Å². The van der Waals surface area contributed by atoms with Gasteiger partial charge in [0.15, 0.2) is 0 Å². The van der Waals surface area contributed by atoms with Crippen molar-refractivity contribution in [1.29, 1.82) is 0 Å². The van der Waals surface area contributed by atoms with Gasteiger partial charge in [-0.05, 0) is 18.6 Å². The van der Waals surface area contributed by atoms with Crippen molar-refractivity contribution in [3.63, 3.8) is 0 Å². The SMILES string of the molecule is CCCCCCC(=O)NNC(=O)CCC(=O)Nc1ccccc1. The number of nitrogens with one attached hydrogen (secondary N) is 3. The zero-order chi connectivity index (χ0) is 16.9. The van der Waals surface area contributed by atoms with Crippen molar-refractivity contribution in [2.24, 2.45) is 0 Å². The molecule has 23 heavy (non-hydrogen) atoms. The van der Waals surface area contributed by atoms with Crippen molar-refractivity contribution in [2.75, 3.05) is 5.32 Å². The second-order valence-electron chi connectivity index (χ2n) is 5.32. The molecule has 126 valence electrons. The normalized spacial score (nSPS) is 9.96. The van der Waals surface area contributed by atoms with Gasteiger partial charge < -0.3 is 5.32 Å². The molecule has 0 saturated heterocycles. The minimum Gasteiger partial charge on any atom is -0.326 e. The van der Waals surface area contributed by atoms with E-state index in [1.807, 2.05) is 18.2 Å². The second-order valence-corrected chi connectivity index (χ2v) is 5.32. The number of amides is 3. The molecule has 0 radical (unpaired) electrons. The summed E-state index contributed by atoms with van der Waals surface area (Å²) in [5.74, 6) is -0.824. The number of rotatable bonds is 9. The molecule has 1 rings (SSSR count). The smallest absolute Gasteiger partial charge is 0.238 e. The Labute approximate surface area is 137 Å². The lowest BCUT2D eigenvalue weighted by Gasteiger charge is -2.08. The molecule has 0 aliphatic carbocycles. The Hall–Kier alpha value is -2.37. The molecule has 3 amide bonds. The lowest BCUT2D eigenvalue weighted by atomic mass is 10.1. The van der Waals surface area contributed by atoms with Crippen LogP contribution in [-0.2, 0) is 14.4 Å². The molecule has 0 aliphatic heterocycles. The maximum atomic E-state index is 11.7. The molecule has 0 heterocycles. The van der Waals surface area contributed by atoms with Crippen LogP contribution < -0.4 is 16.2 Å². The van der Waals surface area contributed by atoms with Crippen LogP contribution in [0.1, 0.15) is 51.9 Å². The van der Waals surface area contributed by atoms with Crippen molar-refractivity contribution in [2.45, 2.75) is 51.9 Å². The zero-order valence-corrected chi connectivity index (χ0v) is 13.6. The summed E-state index contributed by atoms with van der Waals surface area (Å²) in [5, 5.41) is 2.70. The van der Waals surface area contributed by atoms with E-state index in [1.54, 1.807) is 12.1 Å². The fourth-order valence-corrected chi connectivity index (χ4v) is 1.95. The Bertz CT molecular complexity index is 503. The van der Waals surface area contributed by atoms with Gasteiger partial charge in [0, 0.05) is 24.9 Å². The standard InChI is InChI=1S/C17H25N3O3/c1-2-3-4-8-11-16(22)19-20-17(23)13-12-15(21)18-14-9-6-5-7-10-14/h5-7,9-10H,2-4,8,11-13H2,1H3,(H,18,21)(H,19,22)(H,20,23). The van der Waals surface area contributed by atoms with Crippen molar-refractivity contribution < 1.29 is 14.4 Å². The van der Waals surface area contributed by atoms with E-state index in [9.17, 15) is 14.4 Å². The van der Waals surface area contributed by atoms with Crippen LogP contribution in [0.4, 0.5) is 5.69 Å². The zero-order valence-electron chi connectivity index (χ0n) is 13.6. The Morgan fingerprint density at radius 1 is 0.783 bits per heavy atom. The van der Waals surface area contributed by atoms with Gasteiger partial charge in [-0.1, -0.05) is 44.4 Å². The van der Waals surface area contributed by atoms with E-state index in [0.717, 1.165) is 25.7 Å². The maximum Gasteiger partial charge on any atom is 0.238 e. The Balaban J connectivity index is 2.11. The van der Waals surface area contributed by atoms with E-state index in [-0.39, 0.29) is 30.6 Å². The van der Waals surface area contributed by atoms with Crippen LogP contribution in [0.5, 0.6) is 0 Å². The Morgan fingerprint density at radius 3 is 2.04 bits per heavy atom. The number of carbonyl (C=O) groups is 3. The molecular weight excluding hydrogens is 294 g/mol. The number of hydrogen-bond donors (Lipinski definition) is 3. The van der Waals surface area contributed by atoms with Crippen LogP contribution in [0.25, 0.3) is 0 Å². The van der Waals surface area contributed by atoms with Gasteiger partial charge in [-0.2, -0.15) is 0 Å². The number of para-hydroxylation sites is 1. The number of anilines is 1. The molecule has 6 heteroatoms. The summed E-state index contributed by atoms with van der Waals surface area (Å²) in [6, 6.07) is 9.04. The molecular formula is C17H25N3O3. The fraction of sp³-hybridized carbons (Fsp3) is 0.471. The highest BCUT2D eigenvalue weighted by Gasteiger charge is 2.08. The van der Waals surface area contributed by atoms with Gasteiger partial charge in [0.25, 0.3) is 0 Å². The highest BCUT2D eigenvalue weighted by Crippen LogP contribution is 2.06. The predicted molar refractivity (Wildman–Crippen MR) is 89.4 cm³/mol. The minimum absolute atomic E-state index is 0.0226. The monoisotopic (exact) mass is 319 g/mol. The summed E-state index contributed by atoms with van der Waals surface area (Å²) in [6.07, 6.45) is 4.53. The quantitative estimate of drug-likeness (QED) is 0.483. The highest BCUT2D eigenvalue weighted by molar-refractivity contribution is 5.93. The van der Waals surface area contributed by atoms with Crippen LogP contribution in [0, 0.1) is 0 Å². The first-order valence-electron chi connectivity index (χ1n) is 8.04. The first-order valence-corrected chi connectivity index (χ1v) is 8.04. The van der Waals surface area contributed by atoms with Gasteiger partial charge in [-0.3, -0.25) is 25.2 Å². The lowest BCUT2D eigenvalue weighted by molar-refractivity contribution is -0.129. The third-order valence-corrected chi connectivity index (χ3v) is 3.24. The van der Waals surface area contributed by atoms with Crippen LogP contribution in [0.3, 0.4) is 0 Å². The minimum atomic E-state index is -0.380. The van der Waals surface area contributed by atoms with Crippen molar-refractivity contribution in [3.8, 4) is 0 Å². The first kappa shape index (κ1) is 18.7. The van der Waals surface area contributed by atoms with Gasteiger partial charge in [-0.15, -0.1) is 0 Å². The molecule has 1 aromatic rings. The molecule has 1 aromatic carbocycles. The number of unbranched alkanes of at least 4 members (excludes halogenated alkanes) is 3. The predicted octanol–water partition coefficient (Wildman–Crippen LogP) is 2.52. The Morgan fingerprint density at radius 2 is 1.39 bits per heavy atom. The highest BCUT2D eigenvalue weighted by atomic mass is 16.2. The summed E-state index contributed by atoms with van der Waals surface area (Å²) < 4.78 is 0. The van der Waals surface area contributed by atoms with E-state index in [1.165, 1.54) is 0 Å². The largest absolute Gasteiger partial charge is 0.326 e. The fourth-order valence-electron chi connectivity index (χ4n) is 1.95. The number of hydrazine groups is 1. The first-order chi connectivity index (χ1) is 11.1. The molecule has 0 unspecified atom stereocenters. The molecule has 0 aromatic heterocycles. The summed E-state index contributed by atoms with van der Waals surface area (Å²) in [5.41, 5.74) is 5.38.